The number of aliphatic hydroxyl groups is 2. The van der Waals surface area contributed by atoms with Gasteiger partial charge in [-0.05, 0) is 54.3 Å². The van der Waals surface area contributed by atoms with Crippen LogP contribution in [0.1, 0.15) is 96.8 Å². The summed E-state index contributed by atoms with van der Waals surface area (Å²) in [5.41, 5.74) is 0.130. The maximum Gasteiger partial charge on any atom is 0.265 e. The first kappa shape index (κ1) is 36.9. The Labute approximate surface area is 320 Å². The van der Waals surface area contributed by atoms with E-state index in [2.05, 4.69) is 10.1 Å². The van der Waals surface area contributed by atoms with Crippen molar-refractivity contribution >= 4 is 23.0 Å². The first-order valence-corrected chi connectivity index (χ1v) is 19.7. The zero-order valence-electron chi connectivity index (χ0n) is 31.4. The van der Waals surface area contributed by atoms with Crippen LogP contribution in [0.5, 0.6) is 11.6 Å². The Balaban J connectivity index is 1.26. The number of carbonyl (C=O) groups is 2. The maximum absolute atomic E-state index is 16.8. The highest BCUT2D eigenvalue weighted by molar-refractivity contribution is 6.26. The second-order valence-electron chi connectivity index (χ2n) is 15.3. The molecule has 1 saturated heterocycles. The minimum atomic E-state index is -2.52. The minimum absolute atomic E-state index is 0.0239. The van der Waals surface area contributed by atoms with Crippen LogP contribution < -0.4 is 14.4 Å². The molecule has 3 aromatic carbocycles. The van der Waals surface area contributed by atoms with Crippen molar-refractivity contribution < 1.29 is 38.2 Å². The van der Waals surface area contributed by atoms with Crippen LogP contribution in [-0.2, 0) is 24.3 Å². The lowest BCUT2D eigenvalue weighted by molar-refractivity contribution is -0.145. The molecule has 0 unspecified atom stereocenters. The lowest BCUT2D eigenvalue weighted by Gasteiger charge is -2.52. The number of benzene rings is 3. The summed E-state index contributed by atoms with van der Waals surface area (Å²) in [6.07, 6.45) is 4.25. The van der Waals surface area contributed by atoms with Crippen LogP contribution in [0.4, 0.5) is 10.1 Å². The average Bonchev–Trinajstić information content (AvgIpc) is 3.59. The van der Waals surface area contributed by atoms with Gasteiger partial charge in [-0.2, -0.15) is 0 Å². The normalized spacial score (nSPS) is 23.0. The summed E-state index contributed by atoms with van der Waals surface area (Å²) in [5, 5.41) is 29.1. The average molecular weight is 750 g/mol. The van der Waals surface area contributed by atoms with E-state index in [1.165, 1.54) is 6.07 Å². The van der Waals surface area contributed by atoms with Crippen molar-refractivity contribution in [1.29, 1.82) is 0 Å². The van der Waals surface area contributed by atoms with Crippen LogP contribution in [0.3, 0.4) is 0 Å². The fourth-order valence-corrected chi connectivity index (χ4v) is 8.81. The summed E-state index contributed by atoms with van der Waals surface area (Å²) < 4.78 is 35.0. The molecule has 1 aliphatic heterocycles. The third kappa shape index (κ3) is 6.40. The summed E-state index contributed by atoms with van der Waals surface area (Å²) in [5.74, 6) is -3.77. The zero-order valence-corrected chi connectivity index (χ0v) is 31.4. The molecule has 0 amide bonds. The van der Waals surface area contributed by atoms with E-state index in [1.807, 2.05) is 79.4 Å². The van der Waals surface area contributed by atoms with E-state index in [1.54, 1.807) is 0 Å². The predicted octanol–water partition coefficient (Wildman–Crippen LogP) is 7.78. The third-order valence-electron chi connectivity index (χ3n) is 11.8. The molecule has 0 spiro atoms. The van der Waals surface area contributed by atoms with Gasteiger partial charge in [0.25, 0.3) is 5.88 Å². The number of likely N-dealkylation sites (tertiary alicyclic amines) is 1. The Morgan fingerprint density at radius 3 is 2.16 bits per heavy atom. The van der Waals surface area contributed by atoms with Gasteiger partial charge in [-0.25, -0.2) is 4.39 Å². The van der Waals surface area contributed by atoms with Gasteiger partial charge in [-0.3, -0.25) is 14.5 Å². The summed E-state index contributed by atoms with van der Waals surface area (Å²) in [6.45, 7) is 6.83. The molecular formula is C44H48FN3O7. The van der Waals surface area contributed by atoms with Gasteiger partial charge in [0.15, 0.2) is 17.1 Å². The molecule has 1 aromatic heterocycles. The Morgan fingerprint density at radius 1 is 0.927 bits per heavy atom. The van der Waals surface area contributed by atoms with Crippen LogP contribution >= 0.6 is 0 Å². The number of nitrogens with zero attached hydrogens (tertiary/aromatic N) is 3. The Kier molecular flexibility index (Phi) is 10.3. The second-order valence-corrected chi connectivity index (χ2v) is 15.3. The SMILES string of the molecule is CCCCOc1noc2c1C(=O)[C@@]1(O)C(=O)C3=C(O)c4c(c(F)cc(N(Cc5ccccc5)Cc5ccccc5)c4OCCCC)C[C@H]3C[C@H]1[C@@H]2N1CCC1. The van der Waals surface area contributed by atoms with E-state index in [9.17, 15) is 19.8 Å². The summed E-state index contributed by atoms with van der Waals surface area (Å²) in [7, 11) is 0. The molecule has 11 heteroatoms. The van der Waals surface area contributed by atoms with Gasteiger partial charge in [-0.15, -0.1) is 0 Å². The summed E-state index contributed by atoms with van der Waals surface area (Å²) >= 11 is 0. The van der Waals surface area contributed by atoms with Gasteiger partial charge in [0, 0.05) is 49.3 Å². The Bertz CT molecular complexity index is 2060. The molecule has 4 aromatic rings. The number of fused-ring (bicyclic) bond motifs is 4. The van der Waals surface area contributed by atoms with Gasteiger partial charge in [0.2, 0.25) is 11.6 Å². The number of anilines is 1. The van der Waals surface area contributed by atoms with Crippen molar-refractivity contribution in [2.24, 2.45) is 11.8 Å². The van der Waals surface area contributed by atoms with Crippen molar-refractivity contribution in [2.75, 3.05) is 31.2 Å². The first-order chi connectivity index (χ1) is 26.8. The Hall–Kier alpha value is -5.00. The number of carbonyl (C=O) groups excluding carboxylic acids is 2. The molecule has 0 bridgehead atoms. The smallest absolute Gasteiger partial charge is 0.265 e. The number of ether oxygens (including phenoxy) is 2. The number of hydrogen-bond donors (Lipinski definition) is 2. The Morgan fingerprint density at radius 2 is 1.56 bits per heavy atom. The van der Waals surface area contributed by atoms with Crippen LogP contribution in [0.15, 0.2) is 76.8 Å². The van der Waals surface area contributed by atoms with Gasteiger partial charge >= 0.3 is 0 Å². The van der Waals surface area contributed by atoms with Crippen LogP contribution in [0.25, 0.3) is 5.76 Å². The maximum atomic E-state index is 16.8. The monoisotopic (exact) mass is 749 g/mol. The highest BCUT2D eigenvalue weighted by Gasteiger charge is 2.66. The number of rotatable bonds is 14. The number of hydrogen-bond acceptors (Lipinski definition) is 10. The topological polar surface area (TPSA) is 126 Å². The molecule has 1 saturated carbocycles. The van der Waals surface area contributed by atoms with E-state index in [4.69, 9.17) is 14.0 Å². The lowest BCUT2D eigenvalue weighted by atomic mass is 9.57. The number of aromatic nitrogens is 1. The number of aliphatic hydroxyl groups excluding tert-OH is 1. The van der Waals surface area contributed by atoms with Crippen LogP contribution in [0.2, 0.25) is 0 Å². The van der Waals surface area contributed by atoms with Crippen molar-refractivity contribution in [2.45, 2.75) is 83.5 Å². The van der Waals surface area contributed by atoms with Gasteiger partial charge in [-0.1, -0.05) is 87.4 Å². The molecule has 288 valence electrons. The van der Waals surface area contributed by atoms with Gasteiger partial charge in [0.1, 0.15) is 17.1 Å². The molecule has 55 heavy (non-hydrogen) atoms. The molecule has 0 radical (unpaired) electrons. The van der Waals surface area contributed by atoms with E-state index in [0.717, 1.165) is 30.4 Å². The third-order valence-corrected chi connectivity index (χ3v) is 11.8. The van der Waals surface area contributed by atoms with Crippen molar-refractivity contribution in [3.8, 4) is 11.6 Å². The molecule has 2 heterocycles. The summed E-state index contributed by atoms with van der Waals surface area (Å²) in [4.78, 5) is 33.6. The van der Waals surface area contributed by atoms with Crippen molar-refractivity contribution in [3.63, 3.8) is 0 Å². The van der Waals surface area contributed by atoms with Gasteiger partial charge < -0.3 is 29.1 Å². The second kappa shape index (κ2) is 15.3. The van der Waals surface area contributed by atoms with E-state index in [0.29, 0.717) is 51.3 Å². The number of ketones is 2. The highest BCUT2D eigenvalue weighted by Crippen LogP contribution is 2.57. The quantitative estimate of drug-likeness (QED) is 0.0976. The van der Waals surface area contributed by atoms with E-state index >= 15 is 4.39 Å². The fraction of sp³-hybridized carbons (Fsp3) is 0.432. The largest absolute Gasteiger partial charge is 0.507 e. The van der Waals surface area contributed by atoms with Crippen molar-refractivity contribution in [1.82, 2.24) is 10.1 Å². The molecule has 10 nitrogen and oxygen atoms in total. The van der Waals surface area contributed by atoms with Crippen LogP contribution in [0, 0.1) is 17.7 Å². The molecule has 2 fully saturated rings. The van der Waals surface area contributed by atoms with E-state index < -0.39 is 46.6 Å². The number of unbranched alkanes of at least 4 members (excludes halogenated alkanes) is 2. The minimum Gasteiger partial charge on any atom is -0.507 e. The van der Waals surface area contributed by atoms with Crippen LogP contribution in [-0.4, -0.2) is 63.7 Å². The number of halogens is 1. The standard InChI is InChI=1S/C44H48FN3O7/c1-3-5-20-53-39-33(48(25-27-14-9-7-10-15-27)26-28-16-11-8-12-17-28)24-32(45)30-22-29-23-31-37(47-18-13-19-47)40-36(43(46-55-40)54-21-6-4-2)42(51)44(31,52)41(50)34(29)38(49)35(30)39/h7-12,14-17,24,29,31,37,49,52H,3-6,13,18-23,25-26H2,1-2H3/t29-,31-,37-,44-/m0/s1. The predicted molar refractivity (Wildman–Crippen MR) is 205 cm³/mol. The van der Waals surface area contributed by atoms with Crippen molar-refractivity contribution in [3.05, 3.63) is 112 Å². The molecule has 3 aliphatic carbocycles. The first-order valence-electron chi connectivity index (χ1n) is 19.7. The fourth-order valence-electron chi connectivity index (χ4n) is 8.81. The molecule has 4 atom stereocenters. The lowest BCUT2D eigenvalue weighted by Crippen LogP contribution is -2.64. The van der Waals surface area contributed by atoms with E-state index in [-0.39, 0.29) is 59.1 Å². The molecular weight excluding hydrogens is 701 g/mol. The molecule has 4 aliphatic rings. The van der Waals surface area contributed by atoms with Gasteiger partial charge in [0.05, 0.1) is 30.5 Å². The number of Topliss-reactive ketones (excluding diaryl/α,β-unsaturated/α-hetero) is 2. The molecule has 8 rings (SSSR count). The summed E-state index contributed by atoms with van der Waals surface area (Å²) in [6, 6.07) is 20.6. The molecule has 2 N–H and O–H groups in total. The zero-order chi connectivity index (χ0) is 38.3. The highest BCUT2D eigenvalue weighted by atomic mass is 19.1.